The Hall–Kier alpha value is -2.15. The molecule has 7 heteroatoms. The zero-order valence-electron chi connectivity index (χ0n) is 11.0. The molecule has 0 saturated carbocycles. The summed E-state index contributed by atoms with van der Waals surface area (Å²) in [7, 11) is 1.59. The molecule has 0 N–H and O–H groups in total. The van der Waals surface area contributed by atoms with Crippen LogP contribution in [0.2, 0.25) is 0 Å². The van der Waals surface area contributed by atoms with E-state index in [0.29, 0.717) is 22.8 Å². The molecule has 0 radical (unpaired) electrons. The van der Waals surface area contributed by atoms with Crippen molar-refractivity contribution in [1.29, 1.82) is 0 Å². The number of alkyl halides is 3. The molecule has 1 aromatic carbocycles. The molecule has 110 valence electrons. The van der Waals surface area contributed by atoms with Gasteiger partial charge in [0.2, 0.25) is 5.91 Å². The molecule has 3 nitrogen and oxygen atoms in total. The van der Waals surface area contributed by atoms with Crippen molar-refractivity contribution in [2.75, 3.05) is 11.9 Å². The summed E-state index contributed by atoms with van der Waals surface area (Å²) in [6.45, 7) is 3.39. The molecular weight excluding hydrogens is 301 g/mol. The van der Waals surface area contributed by atoms with Crippen LogP contribution in [0.25, 0.3) is 11.3 Å². The molecule has 1 heterocycles. The fourth-order valence-electron chi connectivity index (χ4n) is 1.66. The molecule has 0 aliphatic carbocycles. The van der Waals surface area contributed by atoms with E-state index in [1.165, 1.54) is 11.0 Å². The van der Waals surface area contributed by atoms with E-state index in [4.69, 9.17) is 0 Å². The minimum atomic E-state index is -4.38. The van der Waals surface area contributed by atoms with Gasteiger partial charge in [-0.3, -0.25) is 4.79 Å². The lowest BCUT2D eigenvalue weighted by molar-refractivity contribution is -0.134. The van der Waals surface area contributed by atoms with Crippen molar-refractivity contribution in [2.45, 2.75) is 6.18 Å². The van der Waals surface area contributed by atoms with Crippen molar-refractivity contribution in [3.05, 3.63) is 47.9 Å². The van der Waals surface area contributed by atoms with Crippen molar-refractivity contribution < 1.29 is 18.0 Å². The molecule has 0 bridgehead atoms. The zero-order valence-corrected chi connectivity index (χ0v) is 11.8. The number of amides is 1. The second kappa shape index (κ2) is 5.69. The smallest absolute Gasteiger partial charge is 0.312 e. The third-order valence-corrected chi connectivity index (χ3v) is 3.68. The average Bonchev–Trinajstić information content (AvgIpc) is 2.95. The van der Waals surface area contributed by atoms with E-state index in [1.807, 2.05) is 0 Å². The van der Waals surface area contributed by atoms with Crippen LogP contribution in [-0.4, -0.2) is 17.3 Å². The highest BCUT2D eigenvalue weighted by atomic mass is 32.1. The van der Waals surface area contributed by atoms with Gasteiger partial charge in [0, 0.05) is 18.3 Å². The van der Waals surface area contributed by atoms with E-state index in [-0.39, 0.29) is 11.6 Å². The Morgan fingerprint density at radius 2 is 1.95 bits per heavy atom. The predicted molar refractivity (Wildman–Crippen MR) is 76.2 cm³/mol. The number of likely N-dealkylation sites (N-methyl/N-ethyl adjacent to an activating group) is 1. The highest BCUT2D eigenvalue weighted by Crippen LogP contribution is 2.35. The number of aromatic nitrogens is 1. The first kappa shape index (κ1) is 15.2. The molecule has 0 fully saturated rings. The van der Waals surface area contributed by atoms with E-state index in [1.54, 1.807) is 31.3 Å². The van der Waals surface area contributed by atoms with Crippen molar-refractivity contribution >= 4 is 23.1 Å². The molecule has 0 spiro atoms. The van der Waals surface area contributed by atoms with Crippen LogP contribution < -0.4 is 4.90 Å². The van der Waals surface area contributed by atoms with Crippen molar-refractivity contribution in [3.8, 4) is 11.3 Å². The number of carbonyl (C=O) groups is 1. The second-order valence-electron chi connectivity index (χ2n) is 4.22. The van der Waals surface area contributed by atoms with Gasteiger partial charge in [0.1, 0.15) is 4.88 Å². The monoisotopic (exact) mass is 312 g/mol. The average molecular weight is 312 g/mol. The Bertz CT molecular complexity index is 662. The standard InChI is InChI=1S/C14H11F3N2OS/c1-3-13(20)19(2)10-6-4-9(5-7-10)11-8-12(21-18-11)14(15,16)17/h3-8H,1H2,2H3. The summed E-state index contributed by atoms with van der Waals surface area (Å²) >= 11 is 0.418. The van der Waals surface area contributed by atoms with Crippen LogP contribution in [0.15, 0.2) is 43.0 Å². The van der Waals surface area contributed by atoms with Crippen molar-refractivity contribution in [1.82, 2.24) is 4.37 Å². The Kier molecular flexibility index (Phi) is 4.13. The normalized spacial score (nSPS) is 11.2. The van der Waals surface area contributed by atoms with Gasteiger partial charge in [0.15, 0.2) is 0 Å². The number of hydrogen-bond acceptors (Lipinski definition) is 3. The molecule has 21 heavy (non-hydrogen) atoms. The zero-order chi connectivity index (χ0) is 15.6. The van der Waals surface area contributed by atoms with E-state index in [2.05, 4.69) is 11.0 Å². The molecule has 0 saturated heterocycles. The number of rotatable bonds is 3. The van der Waals surface area contributed by atoms with Gasteiger partial charge in [-0.2, -0.15) is 17.5 Å². The molecule has 0 aliphatic rings. The van der Waals surface area contributed by atoms with Gasteiger partial charge in [-0.15, -0.1) is 0 Å². The summed E-state index contributed by atoms with van der Waals surface area (Å²) in [6, 6.07) is 7.54. The first-order valence-corrected chi connectivity index (χ1v) is 6.64. The minimum Gasteiger partial charge on any atom is -0.312 e. The third-order valence-electron chi connectivity index (χ3n) is 2.85. The van der Waals surface area contributed by atoms with Gasteiger partial charge in [-0.05, 0) is 35.8 Å². The topological polar surface area (TPSA) is 33.2 Å². The van der Waals surface area contributed by atoms with Crippen LogP contribution in [-0.2, 0) is 11.0 Å². The van der Waals surface area contributed by atoms with E-state index < -0.39 is 11.1 Å². The van der Waals surface area contributed by atoms with Gasteiger partial charge < -0.3 is 4.90 Å². The maximum absolute atomic E-state index is 12.5. The second-order valence-corrected chi connectivity index (χ2v) is 5.03. The molecule has 2 rings (SSSR count). The van der Waals surface area contributed by atoms with E-state index in [0.717, 1.165) is 6.07 Å². The molecule has 2 aromatic rings. The lowest BCUT2D eigenvalue weighted by Gasteiger charge is -2.15. The third kappa shape index (κ3) is 3.30. The van der Waals surface area contributed by atoms with Gasteiger partial charge in [0.25, 0.3) is 0 Å². The lowest BCUT2D eigenvalue weighted by Crippen LogP contribution is -2.23. The summed E-state index contributed by atoms with van der Waals surface area (Å²) in [5.41, 5.74) is 1.44. The first-order valence-electron chi connectivity index (χ1n) is 5.87. The highest BCUT2D eigenvalue weighted by molar-refractivity contribution is 7.06. The molecule has 1 amide bonds. The predicted octanol–water partition coefficient (Wildman–Crippen LogP) is 3.98. The van der Waals surface area contributed by atoms with Crippen LogP contribution in [0, 0.1) is 0 Å². The fourth-order valence-corrected chi connectivity index (χ4v) is 2.29. The Balaban J connectivity index is 2.25. The van der Waals surface area contributed by atoms with E-state index >= 15 is 0 Å². The summed E-state index contributed by atoms with van der Waals surface area (Å²) < 4.78 is 41.4. The maximum Gasteiger partial charge on any atom is 0.427 e. The summed E-state index contributed by atoms with van der Waals surface area (Å²) in [6.07, 6.45) is -3.20. The fraction of sp³-hybridized carbons (Fsp3) is 0.143. The quantitative estimate of drug-likeness (QED) is 0.803. The maximum atomic E-state index is 12.5. The molecule has 1 aromatic heterocycles. The summed E-state index contributed by atoms with van der Waals surface area (Å²) in [5, 5.41) is 0. The Labute approximate surface area is 123 Å². The van der Waals surface area contributed by atoms with Gasteiger partial charge in [-0.1, -0.05) is 18.7 Å². The van der Waals surface area contributed by atoms with E-state index in [9.17, 15) is 18.0 Å². The number of benzene rings is 1. The van der Waals surface area contributed by atoms with Crippen LogP contribution >= 0.6 is 11.5 Å². The summed E-state index contributed by atoms with van der Waals surface area (Å²) in [4.78, 5) is 12.1. The highest BCUT2D eigenvalue weighted by Gasteiger charge is 2.33. The number of carbonyl (C=O) groups excluding carboxylic acids is 1. The number of hydrogen-bond donors (Lipinski definition) is 0. The molecule has 0 aliphatic heterocycles. The number of nitrogens with zero attached hydrogens (tertiary/aromatic N) is 2. The van der Waals surface area contributed by atoms with Gasteiger partial charge >= 0.3 is 6.18 Å². The minimum absolute atomic E-state index is 0.261. The SMILES string of the molecule is C=CC(=O)N(C)c1ccc(-c2cc(C(F)(F)F)sn2)cc1. The molecule has 0 unspecified atom stereocenters. The van der Waals surface area contributed by atoms with Crippen LogP contribution in [0.5, 0.6) is 0 Å². The lowest BCUT2D eigenvalue weighted by atomic mass is 10.1. The largest absolute Gasteiger partial charge is 0.427 e. The molecule has 0 atom stereocenters. The number of halogens is 3. The Morgan fingerprint density at radius 1 is 1.33 bits per heavy atom. The van der Waals surface area contributed by atoms with Crippen LogP contribution in [0.3, 0.4) is 0 Å². The van der Waals surface area contributed by atoms with Crippen molar-refractivity contribution in [3.63, 3.8) is 0 Å². The van der Waals surface area contributed by atoms with Crippen LogP contribution in [0.4, 0.5) is 18.9 Å². The summed E-state index contributed by atoms with van der Waals surface area (Å²) in [5.74, 6) is -0.268. The van der Waals surface area contributed by atoms with Gasteiger partial charge in [-0.25, -0.2) is 0 Å². The van der Waals surface area contributed by atoms with Crippen molar-refractivity contribution in [2.24, 2.45) is 0 Å². The van der Waals surface area contributed by atoms with Crippen LogP contribution in [0.1, 0.15) is 4.88 Å². The van der Waals surface area contributed by atoms with Gasteiger partial charge in [0.05, 0.1) is 5.69 Å². The number of anilines is 1. The first-order chi connectivity index (χ1) is 9.82. The Morgan fingerprint density at radius 3 is 2.43 bits per heavy atom. The molecular formula is C14H11F3N2OS.